The van der Waals surface area contributed by atoms with Crippen molar-refractivity contribution < 1.29 is 9.47 Å². The lowest BCUT2D eigenvalue weighted by molar-refractivity contribution is 0.312. The van der Waals surface area contributed by atoms with Gasteiger partial charge in [-0.2, -0.15) is 0 Å². The van der Waals surface area contributed by atoms with Crippen LogP contribution >= 0.6 is 11.6 Å². The summed E-state index contributed by atoms with van der Waals surface area (Å²) in [5, 5.41) is 0.864. The third-order valence-corrected chi connectivity index (χ3v) is 4.33. The Morgan fingerprint density at radius 2 is 2.05 bits per heavy atom. The lowest BCUT2D eigenvalue weighted by Crippen LogP contribution is -2.04. The number of benzene rings is 1. The van der Waals surface area contributed by atoms with Gasteiger partial charge in [-0.1, -0.05) is 18.5 Å². The molecule has 1 aliphatic rings. The van der Waals surface area contributed by atoms with E-state index in [4.69, 9.17) is 21.1 Å². The Morgan fingerprint density at radius 3 is 2.63 bits per heavy atom. The van der Waals surface area contributed by atoms with Crippen LogP contribution in [0.4, 0.5) is 0 Å². The molecule has 0 radical (unpaired) electrons. The maximum absolute atomic E-state index is 6.36. The highest BCUT2D eigenvalue weighted by atomic mass is 35.5. The molecular formula is C16H23ClO2. The van der Waals surface area contributed by atoms with E-state index in [9.17, 15) is 0 Å². The highest BCUT2D eigenvalue weighted by Crippen LogP contribution is 2.35. The van der Waals surface area contributed by atoms with Crippen LogP contribution in [0.1, 0.15) is 43.4 Å². The minimum absolute atomic E-state index is 0.415. The zero-order chi connectivity index (χ0) is 14.0. The van der Waals surface area contributed by atoms with Crippen LogP contribution in [0.2, 0.25) is 5.02 Å². The first kappa shape index (κ1) is 14.7. The van der Waals surface area contributed by atoms with Crippen LogP contribution in [0.3, 0.4) is 0 Å². The van der Waals surface area contributed by atoms with Crippen LogP contribution in [-0.2, 0) is 11.2 Å². The Labute approximate surface area is 121 Å². The Bertz CT molecular complexity index is 457. The van der Waals surface area contributed by atoms with Gasteiger partial charge in [-0.25, -0.2) is 0 Å². The average molecular weight is 283 g/mol. The molecule has 0 aliphatic carbocycles. The summed E-state index contributed by atoms with van der Waals surface area (Å²) < 4.78 is 11.4. The largest absolute Gasteiger partial charge is 0.493 e. The predicted molar refractivity (Wildman–Crippen MR) is 79.4 cm³/mol. The molecule has 1 heterocycles. The number of epoxide rings is 1. The molecule has 1 saturated heterocycles. The second-order valence-electron chi connectivity index (χ2n) is 5.38. The lowest BCUT2D eigenvalue weighted by atomic mass is 9.98. The van der Waals surface area contributed by atoms with Crippen molar-refractivity contribution in [2.24, 2.45) is 0 Å². The molecule has 0 aromatic heterocycles. The number of aryl methyl sites for hydroxylation is 1. The predicted octanol–water partition coefficient (Wildman–Crippen LogP) is 4.47. The molecule has 1 aliphatic heterocycles. The van der Waals surface area contributed by atoms with E-state index in [1.54, 1.807) is 0 Å². The van der Waals surface area contributed by atoms with E-state index in [-0.39, 0.29) is 0 Å². The quantitative estimate of drug-likeness (QED) is 0.718. The van der Waals surface area contributed by atoms with Crippen LogP contribution in [0.15, 0.2) is 6.07 Å². The van der Waals surface area contributed by atoms with Gasteiger partial charge in [-0.15, -0.1) is 0 Å². The standard InChI is InChI=1S/C16H23ClO2/c1-5-8-18-15-9-10(2)16(17)11(3)13(15)6-7-14-12(4)19-14/h9,12,14H,5-8H2,1-4H3. The topological polar surface area (TPSA) is 21.8 Å². The summed E-state index contributed by atoms with van der Waals surface area (Å²) in [6.45, 7) is 9.11. The van der Waals surface area contributed by atoms with Gasteiger partial charge in [0.05, 0.1) is 18.8 Å². The van der Waals surface area contributed by atoms with Gasteiger partial charge >= 0.3 is 0 Å². The molecule has 0 N–H and O–H groups in total. The Hall–Kier alpha value is -0.730. The number of ether oxygens (including phenoxy) is 2. The van der Waals surface area contributed by atoms with Crippen molar-refractivity contribution in [3.05, 3.63) is 27.8 Å². The average Bonchev–Trinajstić information content (AvgIpc) is 3.08. The van der Waals surface area contributed by atoms with Crippen LogP contribution < -0.4 is 4.74 Å². The Morgan fingerprint density at radius 1 is 1.37 bits per heavy atom. The molecule has 1 aromatic rings. The van der Waals surface area contributed by atoms with Crippen LogP contribution in [0, 0.1) is 13.8 Å². The smallest absolute Gasteiger partial charge is 0.123 e. The second-order valence-corrected chi connectivity index (χ2v) is 5.75. The monoisotopic (exact) mass is 282 g/mol. The molecule has 106 valence electrons. The molecule has 2 nitrogen and oxygen atoms in total. The van der Waals surface area contributed by atoms with Crippen molar-refractivity contribution >= 4 is 11.6 Å². The zero-order valence-corrected chi connectivity index (χ0v) is 13.0. The van der Waals surface area contributed by atoms with Gasteiger partial charge in [0.2, 0.25) is 0 Å². The van der Waals surface area contributed by atoms with Crippen LogP contribution in [0.25, 0.3) is 0 Å². The van der Waals surface area contributed by atoms with Gasteiger partial charge in [0.1, 0.15) is 5.75 Å². The Kier molecular flexibility index (Phi) is 4.75. The van der Waals surface area contributed by atoms with E-state index >= 15 is 0 Å². The molecule has 1 fully saturated rings. The van der Waals surface area contributed by atoms with Crippen LogP contribution in [-0.4, -0.2) is 18.8 Å². The minimum atomic E-state index is 0.415. The van der Waals surface area contributed by atoms with E-state index in [1.807, 2.05) is 6.92 Å². The fourth-order valence-electron chi connectivity index (χ4n) is 2.43. The summed E-state index contributed by atoms with van der Waals surface area (Å²) in [6, 6.07) is 2.07. The molecular weight excluding hydrogens is 260 g/mol. The van der Waals surface area contributed by atoms with Gasteiger partial charge in [0, 0.05) is 5.02 Å². The molecule has 2 atom stereocenters. The number of hydrogen-bond donors (Lipinski definition) is 0. The maximum atomic E-state index is 6.36. The van der Waals surface area contributed by atoms with Crippen molar-refractivity contribution in [1.29, 1.82) is 0 Å². The van der Waals surface area contributed by atoms with Gasteiger partial charge in [0.25, 0.3) is 0 Å². The first-order valence-electron chi connectivity index (χ1n) is 7.11. The SMILES string of the molecule is CCCOc1cc(C)c(Cl)c(C)c1CCC1OC1C. The first-order valence-corrected chi connectivity index (χ1v) is 7.49. The number of hydrogen-bond acceptors (Lipinski definition) is 2. The molecule has 0 saturated carbocycles. The highest BCUT2D eigenvalue weighted by molar-refractivity contribution is 6.32. The van der Waals surface area contributed by atoms with Crippen molar-refractivity contribution in [2.45, 2.75) is 59.2 Å². The van der Waals surface area contributed by atoms with Gasteiger partial charge < -0.3 is 9.47 Å². The molecule has 3 heteroatoms. The van der Waals surface area contributed by atoms with E-state index in [0.29, 0.717) is 12.2 Å². The molecule has 0 amide bonds. The molecule has 2 rings (SSSR count). The van der Waals surface area contributed by atoms with Gasteiger partial charge in [-0.05, 0) is 62.8 Å². The summed E-state index contributed by atoms with van der Waals surface area (Å²) in [5.74, 6) is 0.995. The fraction of sp³-hybridized carbons (Fsp3) is 0.625. The molecule has 2 unspecified atom stereocenters. The molecule has 0 bridgehead atoms. The number of rotatable bonds is 6. The van der Waals surface area contributed by atoms with E-state index in [2.05, 4.69) is 26.8 Å². The van der Waals surface area contributed by atoms with E-state index in [0.717, 1.165) is 47.8 Å². The molecule has 19 heavy (non-hydrogen) atoms. The second kappa shape index (κ2) is 6.15. The Balaban J connectivity index is 2.18. The molecule has 0 spiro atoms. The fourth-order valence-corrected chi connectivity index (χ4v) is 2.60. The third-order valence-electron chi connectivity index (χ3n) is 3.75. The van der Waals surface area contributed by atoms with Crippen LogP contribution in [0.5, 0.6) is 5.75 Å². The highest BCUT2D eigenvalue weighted by Gasteiger charge is 2.33. The summed E-state index contributed by atoms with van der Waals surface area (Å²) in [6.07, 6.45) is 3.87. The number of halogens is 1. The normalized spacial score (nSPS) is 21.5. The zero-order valence-electron chi connectivity index (χ0n) is 12.3. The summed E-state index contributed by atoms with van der Waals surface area (Å²) in [5.41, 5.74) is 3.48. The minimum Gasteiger partial charge on any atom is -0.493 e. The molecule has 1 aromatic carbocycles. The summed E-state index contributed by atoms with van der Waals surface area (Å²) in [7, 11) is 0. The van der Waals surface area contributed by atoms with Gasteiger partial charge in [0.15, 0.2) is 0 Å². The summed E-state index contributed by atoms with van der Waals surface area (Å²) in [4.78, 5) is 0. The van der Waals surface area contributed by atoms with Crippen molar-refractivity contribution in [1.82, 2.24) is 0 Å². The van der Waals surface area contributed by atoms with E-state index in [1.165, 1.54) is 5.56 Å². The van der Waals surface area contributed by atoms with Gasteiger partial charge in [-0.3, -0.25) is 0 Å². The van der Waals surface area contributed by atoms with Crippen molar-refractivity contribution in [3.8, 4) is 5.75 Å². The maximum Gasteiger partial charge on any atom is 0.123 e. The van der Waals surface area contributed by atoms with Crippen molar-refractivity contribution in [2.75, 3.05) is 6.61 Å². The van der Waals surface area contributed by atoms with E-state index < -0.39 is 0 Å². The third kappa shape index (κ3) is 3.43. The summed E-state index contributed by atoms with van der Waals surface area (Å²) >= 11 is 6.36. The lowest BCUT2D eigenvalue weighted by Gasteiger charge is -2.16. The van der Waals surface area contributed by atoms with Crippen molar-refractivity contribution in [3.63, 3.8) is 0 Å². The first-order chi connectivity index (χ1) is 9.04.